The highest BCUT2D eigenvalue weighted by Crippen LogP contribution is 2.34. The van der Waals surface area contributed by atoms with Crippen LogP contribution in [0.4, 0.5) is 13.2 Å². The van der Waals surface area contributed by atoms with Crippen LogP contribution < -0.4 is 0 Å². The highest BCUT2D eigenvalue weighted by Gasteiger charge is 2.35. The van der Waals surface area contributed by atoms with Gasteiger partial charge in [0.15, 0.2) is 0 Å². The first-order chi connectivity index (χ1) is 4.27. The van der Waals surface area contributed by atoms with Crippen LogP contribution in [-0.2, 0) is 8.87 Å². The van der Waals surface area contributed by atoms with Crippen molar-refractivity contribution in [3.63, 3.8) is 0 Å². The fourth-order valence-corrected chi connectivity index (χ4v) is 1.83. The van der Waals surface area contributed by atoms with E-state index in [9.17, 15) is 21.6 Å². The zero-order chi connectivity index (χ0) is 8.41. The molecule has 0 heterocycles. The van der Waals surface area contributed by atoms with Crippen LogP contribution in [-0.4, -0.2) is 19.7 Å². The van der Waals surface area contributed by atoms with Crippen LogP contribution in [0.3, 0.4) is 0 Å². The van der Waals surface area contributed by atoms with E-state index < -0.39 is 30.9 Å². The predicted molar refractivity (Wildman–Crippen MR) is 33.1 cm³/mol. The van der Waals surface area contributed by atoms with E-state index in [1.54, 1.807) is 0 Å². The van der Waals surface area contributed by atoms with Crippen molar-refractivity contribution < 1.29 is 21.6 Å². The van der Waals surface area contributed by atoms with Crippen molar-refractivity contribution in [3.05, 3.63) is 0 Å². The minimum atomic E-state index is -4.69. The Morgan fingerprint density at radius 2 is 1.80 bits per heavy atom. The molecule has 0 atom stereocenters. The van der Waals surface area contributed by atoms with Crippen molar-refractivity contribution in [1.29, 1.82) is 0 Å². The summed E-state index contributed by atoms with van der Waals surface area (Å²) in [5.74, 6) is -0.503. The van der Waals surface area contributed by atoms with Gasteiger partial charge in [-0.25, -0.2) is 8.42 Å². The molecule has 0 aromatic carbocycles. The molecule has 0 bridgehead atoms. The molecule has 10 heavy (non-hydrogen) atoms. The average Bonchev–Trinajstić information content (AvgIpc) is 1.60. The quantitative estimate of drug-likeness (QED) is 0.626. The molecule has 0 aromatic heterocycles. The van der Waals surface area contributed by atoms with Gasteiger partial charge in [0, 0.05) is 0 Å². The van der Waals surface area contributed by atoms with Gasteiger partial charge in [-0.2, -0.15) is 13.2 Å². The maximum atomic E-state index is 11.3. The predicted octanol–water partition coefficient (Wildman–Crippen LogP) is 1.59. The lowest BCUT2D eigenvalue weighted by atomic mass is 11.0. The largest absolute Gasteiger partial charge is 0.456 e. The molecule has 0 fully saturated rings. The third-order valence-electron chi connectivity index (χ3n) is 0.575. The molecule has 7 heteroatoms. The standard InChI is InChI=1S/C3H5F3O2S2/c1-2-10(7,8)9-3(4,5)6/h2H2,1H3. The highest BCUT2D eigenvalue weighted by molar-refractivity contribution is 8.72. The molecule has 0 aliphatic rings. The molecule has 0 aliphatic carbocycles. The van der Waals surface area contributed by atoms with Crippen LogP contribution in [0.15, 0.2) is 0 Å². The topological polar surface area (TPSA) is 34.1 Å². The Kier molecular flexibility index (Phi) is 3.02. The van der Waals surface area contributed by atoms with Crippen molar-refractivity contribution in [3.8, 4) is 0 Å². The van der Waals surface area contributed by atoms with Gasteiger partial charge in [0.1, 0.15) is 0 Å². The van der Waals surface area contributed by atoms with Gasteiger partial charge in [-0.15, -0.1) is 0 Å². The maximum Gasteiger partial charge on any atom is 0.456 e. The van der Waals surface area contributed by atoms with Gasteiger partial charge in [0.05, 0.1) is 16.5 Å². The van der Waals surface area contributed by atoms with E-state index in [1.165, 1.54) is 0 Å². The summed E-state index contributed by atoms with van der Waals surface area (Å²) in [6, 6.07) is 0. The third kappa shape index (κ3) is 4.92. The van der Waals surface area contributed by atoms with Gasteiger partial charge in [-0.3, -0.25) is 0 Å². The van der Waals surface area contributed by atoms with E-state index in [4.69, 9.17) is 0 Å². The van der Waals surface area contributed by atoms with Crippen molar-refractivity contribution in [2.45, 2.75) is 12.4 Å². The molecule has 62 valence electrons. The minimum Gasteiger partial charge on any atom is -0.217 e. The normalized spacial score (nSPS) is 13.6. The molecule has 0 N–H and O–H groups in total. The monoisotopic (exact) mass is 194 g/mol. The highest BCUT2D eigenvalue weighted by atomic mass is 33.1. The zero-order valence-corrected chi connectivity index (χ0v) is 6.61. The fourth-order valence-electron chi connectivity index (χ4n) is 0.203. The number of hydrogen-bond acceptors (Lipinski definition) is 3. The number of alkyl halides is 3. The van der Waals surface area contributed by atoms with E-state index in [2.05, 4.69) is 0 Å². The third-order valence-corrected chi connectivity index (χ3v) is 3.76. The van der Waals surface area contributed by atoms with Gasteiger partial charge in [0.25, 0.3) is 0 Å². The lowest BCUT2D eigenvalue weighted by molar-refractivity contribution is -0.0312. The number of hydrogen-bond donors (Lipinski definition) is 0. The second kappa shape index (κ2) is 3.00. The lowest BCUT2D eigenvalue weighted by Crippen LogP contribution is -2.08. The molecule has 0 spiro atoms. The summed E-state index contributed by atoms with van der Waals surface area (Å²) in [6.07, 6.45) is 0. The average molecular weight is 194 g/mol. The Balaban J connectivity index is 4.18. The second-order valence-corrected chi connectivity index (χ2v) is 5.72. The Hall–Kier alpha value is 0.0900. The summed E-state index contributed by atoms with van der Waals surface area (Å²) in [5.41, 5.74) is -4.69. The molecular weight excluding hydrogens is 189 g/mol. The summed E-state index contributed by atoms with van der Waals surface area (Å²) in [7, 11) is -4.95. The SMILES string of the molecule is CCS(=O)(=O)SC(F)(F)F. The molecule has 0 aliphatic heterocycles. The Morgan fingerprint density at radius 3 is 1.90 bits per heavy atom. The van der Waals surface area contributed by atoms with E-state index in [1.807, 2.05) is 0 Å². The summed E-state index contributed by atoms with van der Waals surface area (Å²) in [6.45, 7) is 1.16. The van der Waals surface area contributed by atoms with Crippen LogP contribution in [0.5, 0.6) is 0 Å². The minimum absolute atomic E-state index is 0.503. The summed E-state index contributed by atoms with van der Waals surface area (Å²) in [4.78, 5) is 0. The molecule has 0 rings (SSSR count). The molecule has 0 unspecified atom stereocenters. The first-order valence-electron chi connectivity index (χ1n) is 2.27. The van der Waals surface area contributed by atoms with E-state index in [0.717, 1.165) is 6.92 Å². The van der Waals surface area contributed by atoms with Crippen molar-refractivity contribution in [1.82, 2.24) is 0 Å². The molecule has 0 saturated carbocycles. The van der Waals surface area contributed by atoms with Gasteiger partial charge in [-0.1, -0.05) is 6.92 Å². The zero-order valence-electron chi connectivity index (χ0n) is 4.97. The van der Waals surface area contributed by atoms with Crippen molar-refractivity contribution >= 4 is 19.7 Å². The molecular formula is C3H5F3O2S2. The second-order valence-electron chi connectivity index (χ2n) is 1.38. The van der Waals surface area contributed by atoms with Crippen molar-refractivity contribution in [2.75, 3.05) is 5.75 Å². The van der Waals surface area contributed by atoms with Crippen LogP contribution >= 0.6 is 10.8 Å². The van der Waals surface area contributed by atoms with Crippen LogP contribution in [0.25, 0.3) is 0 Å². The molecule has 0 amide bonds. The maximum absolute atomic E-state index is 11.3. The van der Waals surface area contributed by atoms with Gasteiger partial charge in [-0.05, 0) is 0 Å². The van der Waals surface area contributed by atoms with Crippen LogP contribution in [0.2, 0.25) is 0 Å². The van der Waals surface area contributed by atoms with Gasteiger partial charge in [0.2, 0.25) is 8.87 Å². The summed E-state index contributed by atoms with van der Waals surface area (Å²) >= 11 is 0. The Bertz CT molecular complexity index is 192. The molecule has 0 radical (unpaired) electrons. The van der Waals surface area contributed by atoms with Crippen molar-refractivity contribution in [2.24, 2.45) is 0 Å². The van der Waals surface area contributed by atoms with E-state index in [0.29, 0.717) is 0 Å². The first kappa shape index (κ1) is 10.1. The molecule has 0 aromatic rings. The van der Waals surface area contributed by atoms with Crippen LogP contribution in [0, 0.1) is 0 Å². The lowest BCUT2D eigenvalue weighted by Gasteiger charge is -2.02. The molecule has 2 nitrogen and oxygen atoms in total. The summed E-state index contributed by atoms with van der Waals surface area (Å²) < 4.78 is 54.5. The Morgan fingerprint density at radius 1 is 1.40 bits per heavy atom. The Labute approximate surface area is 60.1 Å². The first-order valence-corrected chi connectivity index (χ1v) is 5.25. The molecule has 0 saturated heterocycles. The number of halogens is 3. The van der Waals surface area contributed by atoms with Gasteiger partial charge >= 0.3 is 5.51 Å². The van der Waals surface area contributed by atoms with Gasteiger partial charge < -0.3 is 0 Å². The number of rotatable bonds is 2. The fraction of sp³-hybridized carbons (Fsp3) is 1.00. The van der Waals surface area contributed by atoms with Crippen LogP contribution in [0.1, 0.15) is 6.92 Å². The van der Waals surface area contributed by atoms with E-state index >= 15 is 0 Å². The summed E-state index contributed by atoms with van der Waals surface area (Å²) in [5, 5.41) is 0. The smallest absolute Gasteiger partial charge is 0.217 e. The van der Waals surface area contributed by atoms with E-state index in [-0.39, 0.29) is 0 Å².